The van der Waals surface area contributed by atoms with E-state index in [0.29, 0.717) is 28.9 Å². The van der Waals surface area contributed by atoms with E-state index in [0.717, 1.165) is 23.3 Å². The van der Waals surface area contributed by atoms with Crippen molar-refractivity contribution in [2.24, 2.45) is 5.92 Å². The molecule has 48 heavy (non-hydrogen) atoms. The lowest BCUT2D eigenvalue weighted by atomic mass is 9.79. The summed E-state index contributed by atoms with van der Waals surface area (Å²) in [6.45, 7) is 8.42. The fourth-order valence-corrected chi connectivity index (χ4v) is 6.04. The van der Waals surface area contributed by atoms with Crippen LogP contribution in [0.4, 0.5) is 0 Å². The molecule has 9 nitrogen and oxygen atoms in total. The molecule has 3 unspecified atom stereocenters. The Morgan fingerprint density at radius 2 is 1.44 bits per heavy atom. The molecule has 3 atom stereocenters. The number of allylic oxidation sites excluding steroid dienone is 2. The van der Waals surface area contributed by atoms with Gasteiger partial charge in [-0.2, -0.15) is 0 Å². The second kappa shape index (κ2) is 13.2. The van der Waals surface area contributed by atoms with Gasteiger partial charge in [-0.05, 0) is 78.8 Å². The fraction of sp³-hybridized carbons (Fsp3) is 0.231. The Morgan fingerprint density at radius 3 is 2.06 bits per heavy atom. The first kappa shape index (κ1) is 32.2. The van der Waals surface area contributed by atoms with Crippen LogP contribution in [0.25, 0.3) is 34.1 Å². The zero-order valence-electron chi connectivity index (χ0n) is 27.1. The summed E-state index contributed by atoms with van der Waals surface area (Å²) in [7, 11) is 0. The van der Waals surface area contributed by atoms with Crippen molar-refractivity contribution in [2.45, 2.75) is 51.6 Å². The van der Waals surface area contributed by atoms with Gasteiger partial charge in [-0.25, -0.2) is 19.6 Å². The second-order valence-electron chi connectivity index (χ2n) is 12.8. The van der Waals surface area contributed by atoms with Crippen molar-refractivity contribution in [3.63, 3.8) is 0 Å². The van der Waals surface area contributed by atoms with E-state index in [1.54, 1.807) is 36.7 Å². The molecule has 2 aromatic heterocycles. The summed E-state index contributed by atoms with van der Waals surface area (Å²) in [4.78, 5) is 31.3. The molecular weight excluding hydrogens is 608 g/mol. The summed E-state index contributed by atoms with van der Waals surface area (Å²) in [5, 5.41) is 18.4. The molecule has 0 saturated heterocycles. The lowest BCUT2D eigenvalue weighted by molar-refractivity contribution is -0.132. The molecule has 0 bridgehead atoms. The van der Waals surface area contributed by atoms with E-state index in [-0.39, 0.29) is 34.5 Å². The van der Waals surface area contributed by atoms with Gasteiger partial charge in [0.1, 0.15) is 5.75 Å². The van der Waals surface area contributed by atoms with Crippen molar-refractivity contribution < 1.29 is 33.4 Å². The highest BCUT2D eigenvalue weighted by atomic mass is 16.5. The number of carboxylic acids is 2. The van der Waals surface area contributed by atoms with Crippen molar-refractivity contribution in [3.05, 3.63) is 126 Å². The highest BCUT2D eigenvalue weighted by Gasteiger charge is 2.27. The monoisotopic (exact) mass is 644 g/mol. The minimum Gasteiger partial charge on any atom is -0.491 e. The Morgan fingerprint density at radius 1 is 0.833 bits per heavy atom. The minimum atomic E-state index is -0.982. The van der Waals surface area contributed by atoms with Crippen molar-refractivity contribution in [1.29, 1.82) is 0 Å². The standard InChI is InChI=1S/C39H36N2O7/c1-23-19-29(38(44)45)13-18-32(23)36-41-22-34(48-36)25-9-14-30(15-10-25)39(3,4)20-24(2)46-31-16-11-26(12-17-31)33-21-40-35(47-33)27-5-7-28(8-6-27)37(42)43/h5-19,21-24,32H,20H2,1-4H3,(H,42,43)(H,44,45). The third kappa shape index (κ3) is 7.00. The number of carbonyl (C=O) groups is 2. The van der Waals surface area contributed by atoms with Gasteiger partial charge in [0.05, 0.1) is 35.6 Å². The summed E-state index contributed by atoms with van der Waals surface area (Å²) in [5.74, 6) is 0.912. The van der Waals surface area contributed by atoms with Crippen LogP contribution in [0.3, 0.4) is 0 Å². The predicted octanol–water partition coefficient (Wildman–Crippen LogP) is 8.80. The summed E-state index contributed by atoms with van der Waals surface area (Å²) in [5.41, 5.74) is 3.96. The molecule has 9 heteroatoms. The molecular formula is C39H36N2O7. The van der Waals surface area contributed by atoms with E-state index in [1.165, 1.54) is 17.7 Å². The maximum Gasteiger partial charge on any atom is 0.335 e. The summed E-state index contributed by atoms with van der Waals surface area (Å²) >= 11 is 0. The van der Waals surface area contributed by atoms with E-state index in [2.05, 4.69) is 42.9 Å². The van der Waals surface area contributed by atoms with Crippen LogP contribution < -0.4 is 4.74 Å². The fourth-order valence-electron chi connectivity index (χ4n) is 6.04. The van der Waals surface area contributed by atoms with Crippen LogP contribution in [0.2, 0.25) is 0 Å². The van der Waals surface area contributed by atoms with Crippen LogP contribution in [0, 0.1) is 5.92 Å². The molecule has 0 fully saturated rings. The lowest BCUT2D eigenvalue weighted by Gasteiger charge is -2.29. The first-order valence-corrected chi connectivity index (χ1v) is 15.7. The normalized spacial score (nSPS) is 16.7. The van der Waals surface area contributed by atoms with Crippen molar-refractivity contribution >= 4 is 11.9 Å². The van der Waals surface area contributed by atoms with Crippen molar-refractivity contribution in [3.8, 4) is 39.9 Å². The van der Waals surface area contributed by atoms with Gasteiger partial charge in [0.2, 0.25) is 11.8 Å². The number of hydrogen-bond donors (Lipinski definition) is 2. The molecule has 0 aliphatic heterocycles. The molecule has 5 aromatic rings. The van der Waals surface area contributed by atoms with Gasteiger partial charge < -0.3 is 23.8 Å². The highest BCUT2D eigenvalue weighted by molar-refractivity contribution is 5.90. The molecule has 6 rings (SSSR count). The molecule has 2 N–H and O–H groups in total. The predicted molar refractivity (Wildman–Crippen MR) is 181 cm³/mol. The topological polar surface area (TPSA) is 136 Å². The number of rotatable bonds is 11. The van der Waals surface area contributed by atoms with E-state index in [1.807, 2.05) is 49.4 Å². The highest BCUT2D eigenvalue weighted by Crippen LogP contribution is 2.36. The maximum absolute atomic E-state index is 11.3. The summed E-state index contributed by atoms with van der Waals surface area (Å²) < 4.78 is 18.3. The van der Waals surface area contributed by atoms with Gasteiger partial charge in [0.15, 0.2) is 11.5 Å². The number of aliphatic carboxylic acids is 1. The van der Waals surface area contributed by atoms with Crippen LogP contribution >= 0.6 is 0 Å². The average Bonchev–Trinajstić information content (AvgIpc) is 3.76. The van der Waals surface area contributed by atoms with E-state index in [4.69, 9.17) is 18.7 Å². The number of oxazole rings is 2. The number of aromatic carboxylic acids is 1. The van der Waals surface area contributed by atoms with Crippen molar-refractivity contribution in [1.82, 2.24) is 9.97 Å². The number of nitrogens with zero attached hydrogens (tertiary/aromatic N) is 2. The molecule has 1 aliphatic carbocycles. The quantitative estimate of drug-likeness (QED) is 0.145. The third-order valence-corrected chi connectivity index (χ3v) is 8.66. The zero-order chi connectivity index (χ0) is 34.0. The average molecular weight is 645 g/mol. The van der Waals surface area contributed by atoms with Gasteiger partial charge in [0.25, 0.3) is 0 Å². The first-order valence-electron chi connectivity index (χ1n) is 15.7. The number of carboxylic acid groups (broad SMARTS) is 2. The van der Waals surface area contributed by atoms with Crippen LogP contribution in [-0.2, 0) is 10.2 Å². The Balaban J connectivity index is 1.05. The Labute approximate surface area is 278 Å². The number of aromatic nitrogens is 2. The maximum atomic E-state index is 11.3. The van der Waals surface area contributed by atoms with E-state index >= 15 is 0 Å². The molecule has 0 radical (unpaired) electrons. The molecule has 0 spiro atoms. The van der Waals surface area contributed by atoms with Crippen LogP contribution in [0.1, 0.15) is 61.8 Å². The molecule has 2 heterocycles. The number of ether oxygens (including phenoxy) is 1. The van der Waals surface area contributed by atoms with Gasteiger partial charge in [-0.15, -0.1) is 0 Å². The summed E-state index contributed by atoms with van der Waals surface area (Å²) in [6.07, 6.45) is 9.27. The molecule has 1 aliphatic rings. The van der Waals surface area contributed by atoms with Crippen molar-refractivity contribution in [2.75, 3.05) is 0 Å². The smallest absolute Gasteiger partial charge is 0.335 e. The van der Waals surface area contributed by atoms with Crippen LogP contribution in [0.5, 0.6) is 5.75 Å². The van der Waals surface area contributed by atoms with Gasteiger partial charge in [0, 0.05) is 16.7 Å². The van der Waals surface area contributed by atoms with Crippen LogP contribution in [-0.4, -0.2) is 38.2 Å². The van der Waals surface area contributed by atoms with Gasteiger partial charge in [-0.3, -0.25) is 0 Å². The largest absolute Gasteiger partial charge is 0.491 e. The van der Waals surface area contributed by atoms with Gasteiger partial charge in [-0.1, -0.05) is 63.3 Å². The minimum absolute atomic E-state index is 0.0436. The first-order chi connectivity index (χ1) is 23.0. The number of hydrogen-bond acceptors (Lipinski definition) is 7. The molecule has 0 saturated carbocycles. The second-order valence-corrected chi connectivity index (χ2v) is 12.8. The Bertz CT molecular complexity index is 1980. The summed E-state index contributed by atoms with van der Waals surface area (Å²) in [6, 6.07) is 22.4. The van der Waals surface area contributed by atoms with Crippen LogP contribution in [0.15, 0.2) is 118 Å². The van der Waals surface area contributed by atoms with E-state index in [9.17, 15) is 14.7 Å². The van der Waals surface area contributed by atoms with E-state index < -0.39 is 11.9 Å². The Kier molecular flexibility index (Phi) is 8.86. The SMILES string of the molecule is CC(CC(C)(C)c1ccc(-c2cnc(C3C=CC(C(=O)O)=CC3C)o2)cc1)Oc1ccc(-c2cnc(-c3ccc(C(=O)O)cc3)o2)cc1. The van der Waals surface area contributed by atoms with Gasteiger partial charge >= 0.3 is 11.9 Å². The number of benzene rings is 3. The zero-order valence-corrected chi connectivity index (χ0v) is 27.1. The molecule has 244 valence electrons. The molecule has 3 aromatic carbocycles. The third-order valence-electron chi connectivity index (χ3n) is 8.66. The molecule has 0 amide bonds. The Hall–Kier alpha value is -5.70. The lowest BCUT2D eigenvalue weighted by Crippen LogP contribution is -2.26.